The second kappa shape index (κ2) is 12.5. The monoisotopic (exact) mass is 271 g/mol. The third-order valence-electron chi connectivity index (χ3n) is 3.61. The molecule has 0 saturated carbocycles. The Morgan fingerprint density at radius 2 is 1.39 bits per heavy atom. The van der Waals surface area contributed by atoms with Crippen LogP contribution in [0.5, 0.6) is 0 Å². The molecule has 108 valence electrons. The fourth-order valence-electron chi connectivity index (χ4n) is 2.27. The van der Waals surface area contributed by atoms with Crippen LogP contribution in [0.25, 0.3) is 0 Å². The Labute approximate surface area is 120 Å². The summed E-state index contributed by atoms with van der Waals surface area (Å²) in [6, 6.07) is 0. The molecule has 0 heterocycles. The van der Waals surface area contributed by atoms with Gasteiger partial charge in [-0.3, -0.25) is 4.90 Å². The van der Waals surface area contributed by atoms with Crippen LogP contribution >= 0.6 is 0 Å². The Hall–Kier alpha value is 0.452. The molecule has 0 spiro atoms. The van der Waals surface area contributed by atoms with Crippen LogP contribution in [0.1, 0.15) is 66.7 Å². The zero-order valence-corrected chi connectivity index (χ0v) is 14.5. The van der Waals surface area contributed by atoms with Gasteiger partial charge in [0.1, 0.15) is 0 Å². The zero-order chi connectivity index (χ0) is 13.8. The van der Waals surface area contributed by atoms with Gasteiger partial charge < -0.3 is 3.79 Å². The number of nitrogens with zero attached hydrogens (tertiary/aromatic N) is 1. The molecule has 0 aliphatic heterocycles. The van der Waals surface area contributed by atoms with Crippen LogP contribution in [0.15, 0.2) is 0 Å². The van der Waals surface area contributed by atoms with Gasteiger partial charge in [-0.2, -0.15) is 0 Å². The van der Waals surface area contributed by atoms with Crippen molar-refractivity contribution in [2.24, 2.45) is 0 Å². The van der Waals surface area contributed by atoms with Gasteiger partial charge in [0.2, 0.25) is 0 Å². The largest absolute Gasteiger partial charge is 0.487 e. The molecule has 0 N–H and O–H groups in total. The molecule has 0 aliphatic rings. The Morgan fingerprint density at radius 3 is 1.72 bits per heavy atom. The summed E-state index contributed by atoms with van der Waals surface area (Å²) < 4.78 is 6.42. The fourth-order valence-corrected chi connectivity index (χ4v) is 4.04. The van der Waals surface area contributed by atoms with Gasteiger partial charge in [0.25, 0.3) is 0 Å². The van der Waals surface area contributed by atoms with Gasteiger partial charge in [-0.1, -0.05) is 58.0 Å². The summed E-state index contributed by atoms with van der Waals surface area (Å²) in [7, 11) is 0. The van der Waals surface area contributed by atoms with Gasteiger partial charge in [-0.15, -0.1) is 0 Å². The van der Waals surface area contributed by atoms with E-state index in [0.29, 0.717) is 6.23 Å². The first kappa shape index (κ1) is 18.5. The lowest BCUT2D eigenvalue weighted by Crippen LogP contribution is -2.41. The molecular weight excluding hydrogens is 237 g/mol. The van der Waals surface area contributed by atoms with Gasteiger partial charge in [-0.05, 0) is 19.3 Å². The second-order valence-corrected chi connectivity index (χ2v) is 8.33. The van der Waals surface area contributed by atoms with Gasteiger partial charge in [0.05, 0.1) is 6.23 Å². The zero-order valence-electron chi connectivity index (χ0n) is 13.4. The molecule has 2 nitrogen and oxygen atoms in total. The first-order valence-electron chi connectivity index (χ1n) is 8.12. The smallest absolute Gasteiger partial charge is 0.461 e. The number of hydrogen-bond donors (Lipinski definition) is 0. The summed E-state index contributed by atoms with van der Waals surface area (Å²) >= 11 is -0.933. The molecule has 0 aromatic rings. The molecule has 0 saturated heterocycles. The predicted molar refractivity (Wildman–Crippen MR) is 83.3 cm³/mol. The summed E-state index contributed by atoms with van der Waals surface area (Å²) in [4.78, 5) is 2.60. The molecule has 0 bridgehead atoms. The highest BCUT2D eigenvalue weighted by Crippen LogP contribution is 2.14. The summed E-state index contributed by atoms with van der Waals surface area (Å²) in [6.07, 6.45) is 6.68. The number of unbranched alkanes of at least 4 members (excludes halogenated alkanes) is 2. The van der Waals surface area contributed by atoms with E-state index in [2.05, 4.69) is 39.5 Å². The maximum Gasteiger partial charge on any atom is 0.461 e. The molecule has 0 rings (SSSR count). The highest BCUT2D eigenvalue weighted by molar-refractivity contribution is 6.51. The van der Waals surface area contributed by atoms with Gasteiger partial charge in [-0.25, -0.2) is 0 Å². The Bertz CT molecular complexity index is 166. The Morgan fingerprint density at radius 1 is 0.889 bits per heavy atom. The molecule has 18 heavy (non-hydrogen) atoms. The summed E-state index contributed by atoms with van der Waals surface area (Å²) in [6.45, 7) is 13.8. The van der Waals surface area contributed by atoms with E-state index in [1.807, 2.05) is 0 Å². The number of rotatable bonds is 12. The second-order valence-electron chi connectivity index (χ2n) is 5.18. The molecular formula is C15H34AlNO. The van der Waals surface area contributed by atoms with E-state index in [9.17, 15) is 0 Å². The summed E-state index contributed by atoms with van der Waals surface area (Å²) in [5.41, 5.74) is 0. The number of hydrogen-bond acceptors (Lipinski definition) is 2. The fraction of sp³-hybridized carbons (Fsp3) is 1.00. The van der Waals surface area contributed by atoms with Crippen LogP contribution in [0.3, 0.4) is 0 Å². The maximum atomic E-state index is 6.42. The average molecular weight is 271 g/mol. The van der Waals surface area contributed by atoms with Crippen molar-refractivity contribution in [3.8, 4) is 0 Å². The Kier molecular flexibility index (Phi) is 12.8. The van der Waals surface area contributed by atoms with Crippen LogP contribution in [0, 0.1) is 0 Å². The maximum absolute atomic E-state index is 6.42. The van der Waals surface area contributed by atoms with E-state index in [4.69, 9.17) is 3.79 Å². The minimum Gasteiger partial charge on any atom is -0.487 e. The van der Waals surface area contributed by atoms with E-state index >= 15 is 0 Å². The molecule has 0 aromatic carbocycles. The van der Waals surface area contributed by atoms with Crippen molar-refractivity contribution in [2.45, 2.75) is 83.5 Å². The lowest BCUT2D eigenvalue weighted by atomic mass is 10.2. The molecule has 3 heteroatoms. The van der Waals surface area contributed by atoms with Crippen LogP contribution < -0.4 is 0 Å². The van der Waals surface area contributed by atoms with Crippen LogP contribution in [-0.2, 0) is 3.79 Å². The third-order valence-corrected chi connectivity index (χ3v) is 6.13. The standard InChI is InChI=1S/C11H24NO.2C2H5.Al/c1-4-7-9-12(10-8-5-2)11(13)6-3;2*1-2;/h11H,4-10H2,1-3H3;2*1H2,2H3;/q-1;;;+1. The first-order chi connectivity index (χ1) is 8.73. The average Bonchev–Trinajstić information content (AvgIpc) is 2.41. The normalized spacial score (nSPS) is 13.0. The van der Waals surface area contributed by atoms with E-state index in [1.54, 1.807) is 0 Å². The lowest BCUT2D eigenvalue weighted by Gasteiger charge is -2.33. The highest BCUT2D eigenvalue weighted by Gasteiger charge is 2.23. The van der Waals surface area contributed by atoms with E-state index in [-0.39, 0.29) is 0 Å². The predicted octanol–water partition coefficient (Wildman–Crippen LogP) is 4.67. The van der Waals surface area contributed by atoms with Crippen LogP contribution in [-0.4, -0.2) is 38.7 Å². The van der Waals surface area contributed by atoms with Crippen molar-refractivity contribution in [3.05, 3.63) is 0 Å². The lowest BCUT2D eigenvalue weighted by molar-refractivity contribution is 0.0174. The van der Waals surface area contributed by atoms with E-state index in [1.165, 1.54) is 49.3 Å². The highest BCUT2D eigenvalue weighted by atomic mass is 27.2. The van der Waals surface area contributed by atoms with Crippen molar-refractivity contribution < 1.29 is 3.79 Å². The minimum absolute atomic E-state index is 0.389. The molecule has 0 fully saturated rings. The molecule has 0 amide bonds. The van der Waals surface area contributed by atoms with Crippen molar-refractivity contribution in [1.82, 2.24) is 4.90 Å². The van der Waals surface area contributed by atoms with Crippen molar-refractivity contribution >= 4 is 14.5 Å². The molecule has 0 radical (unpaired) electrons. The van der Waals surface area contributed by atoms with E-state index in [0.717, 1.165) is 6.42 Å². The summed E-state index contributed by atoms with van der Waals surface area (Å²) in [5, 5.41) is 2.53. The van der Waals surface area contributed by atoms with Gasteiger partial charge >= 0.3 is 14.5 Å². The van der Waals surface area contributed by atoms with Crippen molar-refractivity contribution in [2.75, 3.05) is 13.1 Å². The van der Waals surface area contributed by atoms with Gasteiger partial charge in [0, 0.05) is 13.1 Å². The first-order valence-corrected chi connectivity index (χ1v) is 10.2. The van der Waals surface area contributed by atoms with Crippen molar-refractivity contribution in [3.63, 3.8) is 0 Å². The van der Waals surface area contributed by atoms with Crippen LogP contribution in [0.4, 0.5) is 0 Å². The third kappa shape index (κ3) is 7.79. The summed E-state index contributed by atoms with van der Waals surface area (Å²) in [5.74, 6) is 0. The molecule has 1 atom stereocenters. The minimum atomic E-state index is -0.933. The Balaban J connectivity index is 4.36. The van der Waals surface area contributed by atoms with Gasteiger partial charge in [0.15, 0.2) is 0 Å². The topological polar surface area (TPSA) is 12.5 Å². The van der Waals surface area contributed by atoms with Crippen LogP contribution in [0.2, 0.25) is 10.6 Å². The molecule has 0 aliphatic carbocycles. The quantitative estimate of drug-likeness (QED) is 0.378. The van der Waals surface area contributed by atoms with Crippen molar-refractivity contribution in [1.29, 1.82) is 0 Å². The SMILES string of the molecule is CCCCN(CCCC)C(CC)[O][Al]([CH2]C)[CH2]C. The van der Waals surface area contributed by atoms with E-state index < -0.39 is 14.5 Å². The molecule has 1 unspecified atom stereocenters. The molecule has 0 aromatic heterocycles.